The second kappa shape index (κ2) is 4.92. The number of pyridine rings is 1. The molecule has 0 aliphatic heterocycles. The minimum Gasteiger partial charge on any atom is -0.194 e. The molecule has 0 N–H and O–H groups in total. The van der Waals surface area contributed by atoms with Gasteiger partial charge < -0.3 is 0 Å². The first-order valence-corrected chi connectivity index (χ1v) is 9.14. The van der Waals surface area contributed by atoms with Gasteiger partial charge in [-0.1, -0.05) is 24.3 Å². The van der Waals surface area contributed by atoms with Crippen LogP contribution in [-0.4, -0.2) is 0 Å². The van der Waals surface area contributed by atoms with E-state index in [1.807, 2.05) is 0 Å². The van der Waals surface area contributed by atoms with E-state index >= 15 is 0 Å². The lowest BCUT2D eigenvalue weighted by Gasteiger charge is -2.43. The van der Waals surface area contributed by atoms with Crippen LogP contribution in [0.2, 0.25) is 0 Å². The smallest absolute Gasteiger partial charge is 0.194 e. The van der Waals surface area contributed by atoms with Gasteiger partial charge in [0.1, 0.15) is 7.05 Å². The first-order valence-electron chi connectivity index (χ1n) is 9.14. The Morgan fingerprint density at radius 3 is 2.58 bits per heavy atom. The summed E-state index contributed by atoms with van der Waals surface area (Å²) < 4.78 is 2.40. The van der Waals surface area contributed by atoms with Crippen molar-refractivity contribution in [3.05, 3.63) is 64.7 Å². The molecule has 2 aromatic carbocycles. The van der Waals surface area contributed by atoms with Crippen molar-refractivity contribution in [3.8, 4) is 11.3 Å². The summed E-state index contributed by atoms with van der Waals surface area (Å²) in [7, 11) is 2.22. The summed E-state index contributed by atoms with van der Waals surface area (Å²) in [6.45, 7) is 4.48. The van der Waals surface area contributed by atoms with Gasteiger partial charge in [0.2, 0.25) is 11.2 Å². The largest absolute Gasteiger partial charge is 0.213 e. The van der Waals surface area contributed by atoms with E-state index in [9.17, 15) is 0 Å². The maximum absolute atomic E-state index is 2.40. The Labute approximate surface area is 144 Å². The molecule has 0 atom stereocenters. The van der Waals surface area contributed by atoms with Crippen molar-refractivity contribution >= 4 is 10.9 Å². The number of aryl methyl sites for hydroxylation is 3. The molecule has 120 valence electrons. The Kier molecular flexibility index (Phi) is 2.92. The SMILES string of the molecule is Cc1ccc2c(c1-c1ccc3c(C)cccc3[n+]1C)C1CC(C2)C1. The molecule has 0 saturated heterocycles. The maximum Gasteiger partial charge on any atom is 0.213 e. The number of nitrogens with zero attached hydrogens (tertiary/aromatic N) is 1. The normalized spacial score (nSPS) is 21.5. The summed E-state index contributed by atoms with van der Waals surface area (Å²) in [5.41, 5.74) is 10.2. The summed E-state index contributed by atoms with van der Waals surface area (Å²) in [5, 5.41) is 1.36. The van der Waals surface area contributed by atoms with Crippen LogP contribution in [0.4, 0.5) is 0 Å². The van der Waals surface area contributed by atoms with E-state index in [0.29, 0.717) is 0 Å². The molecule has 6 rings (SSSR count). The molecular formula is C23H24N+. The number of hydrogen-bond donors (Lipinski definition) is 0. The summed E-state index contributed by atoms with van der Waals surface area (Å²) >= 11 is 0. The molecule has 1 heterocycles. The Morgan fingerprint density at radius 2 is 1.75 bits per heavy atom. The Morgan fingerprint density at radius 1 is 0.917 bits per heavy atom. The zero-order valence-corrected chi connectivity index (χ0v) is 14.8. The highest BCUT2D eigenvalue weighted by Gasteiger charge is 2.40. The van der Waals surface area contributed by atoms with E-state index < -0.39 is 0 Å². The minimum atomic E-state index is 0.793. The molecule has 0 radical (unpaired) electrons. The van der Waals surface area contributed by atoms with Crippen LogP contribution in [0.25, 0.3) is 22.2 Å². The highest BCUT2D eigenvalue weighted by atomic mass is 14.9. The zero-order chi connectivity index (χ0) is 16.4. The van der Waals surface area contributed by atoms with Gasteiger partial charge in [-0.05, 0) is 73.3 Å². The number of benzene rings is 2. The monoisotopic (exact) mass is 314 g/mol. The van der Waals surface area contributed by atoms with Crippen molar-refractivity contribution in [2.75, 3.05) is 0 Å². The molecule has 1 saturated carbocycles. The fourth-order valence-electron chi connectivity index (χ4n) is 5.03. The summed E-state index contributed by atoms with van der Waals surface area (Å²) in [6, 6.07) is 16.0. The molecule has 0 spiro atoms. The molecule has 0 unspecified atom stereocenters. The van der Waals surface area contributed by atoms with Gasteiger partial charge in [-0.2, -0.15) is 4.57 Å². The highest BCUT2D eigenvalue weighted by Crippen LogP contribution is 2.52. The Bertz CT molecular complexity index is 977. The fraction of sp³-hybridized carbons (Fsp3) is 0.348. The van der Waals surface area contributed by atoms with Crippen molar-refractivity contribution < 1.29 is 4.57 Å². The average molecular weight is 314 g/mol. The second-order valence-electron chi connectivity index (χ2n) is 7.85. The molecule has 3 aliphatic rings. The maximum atomic E-state index is 2.40. The summed E-state index contributed by atoms with van der Waals surface area (Å²) in [4.78, 5) is 0. The van der Waals surface area contributed by atoms with Gasteiger partial charge in [-0.3, -0.25) is 0 Å². The molecule has 1 nitrogen and oxygen atoms in total. The molecule has 1 heteroatoms. The van der Waals surface area contributed by atoms with Crippen LogP contribution in [0.1, 0.15) is 41.0 Å². The van der Waals surface area contributed by atoms with Crippen LogP contribution in [0.5, 0.6) is 0 Å². The van der Waals surface area contributed by atoms with E-state index in [-0.39, 0.29) is 0 Å². The van der Waals surface area contributed by atoms with Gasteiger partial charge in [0, 0.05) is 17.5 Å². The quantitative estimate of drug-likeness (QED) is 0.557. The molecule has 3 aromatic rings. The van der Waals surface area contributed by atoms with Gasteiger partial charge in [-0.15, -0.1) is 0 Å². The van der Waals surface area contributed by atoms with Gasteiger partial charge in [0.25, 0.3) is 0 Å². The van der Waals surface area contributed by atoms with E-state index in [4.69, 9.17) is 0 Å². The Balaban J connectivity index is 1.81. The third-order valence-corrected chi connectivity index (χ3v) is 6.38. The van der Waals surface area contributed by atoms with E-state index in [0.717, 1.165) is 11.8 Å². The molecule has 1 fully saturated rings. The lowest BCUT2D eigenvalue weighted by molar-refractivity contribution is -0.633. The van der Waals surface area contributed by atoms with Crippen molar-refractivity contribution in [2.45, 2.75) is 39.0 Å². The van der Waals surface area contributed by atoms with Crippen molar-refractivity contribution in [1.82, 2.24) is 0 Å². The van der Waals surface area contributed by atoms with Crippen LogP contribution >= 0.6 is 0 Å². The minimum absolute atomic E-state index is 0.793. The highest BCUT2D eigenvalue weighted by molar-refractivity contribution is 5.82. The van der Waals surface area contributed by atoms with Gasteiger partial charge in [0.15, 0.2) is 0 Å². The molecule has 1 aromatic heterocycles. The van der Waals surface area contributed by atoms with Gasteiger partial charge >= 0.3 is 0 Å². The molecule has 3 aliphatic carbocycles. The third-order valence-electron chi connectivity index (χ3n) is 6.38. The second-order valence-corrected chi connectivity index (χ2v) is 7.85. The van der Waals surface area contributed by atoms with Gasteiger partial charge in [0.05, 0.1) is 5.56 Å². The number of hydrogen-bond acceptors (Lipinski definition) is 0. The standard InChI is InChI=1S/C23H24N/c1-14-5-4-6-20-19(14)9-10-21(24(20)3)22-15(2)7-8-17-11-16-12-18(13-16)23(17)22/h4-10,16,18H,11-13H2,1-3H3/q+1. The molecule has 0 amide bonds. The predicted octanol–water partition coefficient (Wildman–Crippen LogP) is 5.00. The predicted molar refractivity (Wildman–Crippen MR) is 99.2 cm³/mol. The van der Waals surface area contributed by atoms with Crippen LogP contribution in [0.3, 0.4) is 0 Å². The van der Waals surface area contributed by atoms with Crippen molar-refractivity contribution in [2.24, 2.45) is 13.0 Å². The van der Waals surface area contributed by atoms with Crippen LogP contribution in [0.15, 0.2) is 42.5 Å². The van der Waals surface area contributed by atoms with Crippen LogP contribution < -0.4 is 4.57 Å². The van der Waals surface area contributed by atoms with Crippen LogP contribution in [-0.2, 0) is 13.5 Å². The van der Waals surface area contributed by atoms with Crippen molar-refractivity contribution in [1.29, 1.82) is 0 Å². The van der Waals surface area contributed by atoms with Gasteiger partial charge in [-0.25, -0.2) is 0 Å². The van der Waals surface area contributed by atoms with E-state index in [1.54, 1.807) is 11.1 Å². The third kappa shape index (κ3) is 1.84. The number of rotatable bonds is 1. The molecule has 2 bridgehead atoms. The number of aromatic nitrogens is 1. The first-order chi connectivity index (χ1) is 11.6. The lowest BCUT2D eigenvalue weighted by Crippen LogP contribution is -2.35. The number of fused-ring (bicyclic) bond motifs is 1. The molecule has 24 heavy (non-hydrogen) atoms. The average Bonchev–Trinajstić information content (AvgIpc) is 2.55. The Hall–Kier alpha value is -2.15. The van der Waals surface area contributed by atoms with Crippen molar-refractivity contribution in [3.63, 3.8) is 0 Å². The fourth-order valence-corrected chi connectivity index (χ4v) is 5.03. The zero-order valence-electron chi connectivity index (χ0n) is 14.8. The lowest BCUT2D eigenvalue weighted by atomic mass is 9.61. The summed E-state index contributed by atoms with van der Waals surface area (Å²) in [6.07, 6.45) is 4.09. The van der Waals surface area contributed by atoms with E-state index in [1.165, 1.54) is 52.5 Å². The van der Waals surface area contributed by atoms with Crippen LogP contribution in [0, 0.1) is 19.8 Å². The van der Waals surface area contributed by atoms with E-state index in [2.05, 4.69) is 67.9 Å². The summed E-state index contributed by atoms with van der Waals surface area (Å²) in [5.74, 6) is 1.74. The topological polar surface area (TPSA) is 3.88 Å². The molecular weight excluding hydrogens is 290 g/mol. The first kappa shape index (κ1) is 14.2.